The second-order valence-electron chi connectivity index (χ2n) is 6.87. The summed E-state index contributed by atoms with van der Waals surface area (Å²) >= 11 is 0. The van der Waals surface area contributed by atoms with Crippen LogP contribution in [0.15, 0.2) is 23.2 Å². The van der Waals surface area contributed by atoms with E-state index in [1.54, 1.807) is 14.2 Å². The van der Waals surface area contributed by atoms with Crippen molar-refractivity contribution in [2.45, 2.75) is 26.0 Å². The van der Waals surface area contributed by atoms with Gasteiger partial charge in [0.15, 0.2) is 5.96 Å². The van der Waals surface area contributed by atoms with Gasteiger partial charge in [-0.25, -0.2) is 0 Å². The zero-order chi connectivity index (χ0) is 19.5. The molecule has 0 aromatic heterocycles. The number of hydrogen-bond acceptors (Lipinski definition) is 5. The fraction of sp³-hybridized carbons (Fsp3) is 0.650. The van der Waals surface area contributed by atoms with Crippen LogP contribution in [-0.4, -0.2) is 77.6 Å². The van der Waals surface area contributed by atoms with Crippen molar-refractivity contribution >= 4 is 5.96 Å². The van der Waals surface area contributed by atoms with Gasteiger partial charge in [0.05, 0.1) is 19.3 Å². The van der Waals surface area contributed by atoms with E-state index in [-0.39, 0.29) is 6.10 Å². The van der Waals surface area contributed by atoms with Crippen molar-refractivity contribution in [3.05, 3.63) is 29.3 Å². The van der Waals surface area contributed by atoms with Gasteiger partial charge in [0.25, 0.3) is 0 Å². The third kappa shape index (κ3) is 7.74. The number of benzene rings is 1. The van der Waals surface area contributed by atoms with E-state index >= 15 is 0 Å². The van der Waals surface area contributed by atoms with Crippen molar-refractivity contribution < 1.29 is 14.2 Å². The van der Waals surface area contributed by atoms with Crippen molar-refractivity contribution in [1.82, 2.24) is 15.5 Å². The molecule has 152 valence electrons. The number of aliphatic imine (C=N–C) groups is 1. The van der Waals surface area contributed by atoms with Gasteiger partial charge < -0.3 is 29.7 Å². The Bertz CT molecular complexity index is 595. The maximum Gasteiger partial charge on any atom is 0.191 e. The normalized spacial score (nSPS) is 18.4. The summed E-state index contributed by atoms with van der Waals surface area (Å²) < 4.78 is 16.8. The molecule has 0 amide bonds. The molecule has 1 unspecified atom stereocenters. The molecule has 1 aromatic rings. The molecule has 1 fully saturated rings. The maximum atomic E-state index is 5.95. The predicted molar refractivity (Wildman–Crippen MR) is 109 cm³/mol. The number of methoxy groups -OCH3 is 1. The minimum absolute atomic E-state index is 0.182. The summed E-state index contributed by atoms with van der Waals surface area (Å²) in [5.74, 6) is 1.67. The fourth-order valence-corrected chi connectivity index (χ4v) is 2.93. The first-order valence-corrected chi connectivity index (χ1v) is 9.58. The summed E-state index contributed by atoms with van der Waals surface area (Å²) in [5, 5.41) is 6.71. The second kappa shape index (κ2) is 11.8. The maximum absolute atomic E-state index is 5.95. The Kier molecular flexibility index (Phi) is 9.38. The lowest BCUT2D eigenvalue weighted by atomic mass is 10.1. The number of likely N-dealkylation sites (N-methyl/N-ethyl adjacent to an activating group) is 1. The summed E-state index contributed by atoms with van der Waals surface area (Å²) in [6, 6.07) is 6.27. The molecule has 0 radical (unpaired) electrons. The van der Waals surface area contributed by atoms with Crippen molar-refractivity contribution in [1.29, 1.82) is 0 Å². The van der Waals surface area contributed by atoms with E-state index in [1.807, 2.05) is 0 Å². The average Bonchev–Trinajstić information content (AvgIpc) is 2.66. The molecule has 1 heterocycles. The largest absolute Gasteiger partial charge is 0.493 e. The Morgan fingerprint density at radius 2 is 2.19 bits per heavy atom. The van der Waals surface area contributed by atoms with Crippen LogP contribution in [0.25, 0.3) is 0 Å². The molecule has 2 rings (SSSR count). The number of ether oxygens (including phenoxy) is 3. The molecule has 7 heteroatoms. The number of nitrogens with one attached hydrogen (secondary N) is 2. The average molecular weight is 379 g/mol. The molecule has 7 nitrogen and oxygen atoms in total. The highest BCUT2D eigenvalue weighted by molar-refractivity contribution is 5.79. The Morgan fingerprint density at radius 3 is 2.93 bits per heavy atom. The highest BCUT2D eigenvalue weighted by atomic mass is 16.5. The highest BCUT2D eigenvalue weighted by Gasteiger charge is 2.17. The Balaban J connectivity index is 1.84. The first-order chi connectivity index (χ1) is 13.1. The lowest BCUT2D eigenvalue weighted by molar-refractivity contribution is -0.0161. The molecule has 0 aliphatic carbocycles. The molecule has 0 spiro atoms. The van der Waals surface area contributed by atoms with Crippen LogP contribution in [0.2, 0.25) is 0 Å². The molecule has 2 N–H and O–H groups in total. The predicted octanol–water partition coefficient (Wildman–Crippen LogP) is 1.41. The Morgan fingerprint density at radius 1 is 1.33 bits per heavy atom. The third-order valence-electron chi connectivity index (χ3n) is 4.48. The van der Waals surface area contributed by atoms with Crippen molar-refractivity contribution in [2.24, 2.45) is 4.99 Å². The summed E-state index contributed by atoms with van der Waals surface area (Å²) in [6.07, 6.45) is 1.05. The molecule has 1 aliphatic rings. The van der Waals surface area contributed by atoms with Gasteiger partial charge in [0, 0.05) is 58.9 Å². The van der Waals surface area contributed by atoms with Crippen LogP contribution < -0.4 is 15.4 Å². The molecule has 1 atom stereocenters. The third-order valence-corrected chi connectivity index (χ3v) is 4.48. The van der Waals surface area contributed by atoms with Crippen LogP contribution in [0.1, 0.15) is 17.5 Å². The van der Waals surface area contributed by atoms with Gasteiger partial charge >= 0.3 is 0 Å². The number of hydrogen-bond donors (Lipinski definition) is 2. The number of aryl methyl sites for hydroxylation is 1. The highest BCUT2D eigenvalue weighted by Crippen LogP contribution is 2.20. The minimum Gasteiger partial charge on any atom is -0.493 e. The zero-order valence-corrected chi connectivity index (χ0v) is 17.1. The second-order valence-corrected chi connectivity index (χ2v) is 6.87. The quantitative estimate of drug-likeness (QED) is 0.385. The van der Waals surface area contributed by atoms with Crippen LogP contribution in [0, 0.1) is 6.92 Å². The zero-order valence-electron chi connectivity index (χ0n) is 17.1. The monoisotopic (exact) mass is 378 g/mol. The van der Waals surface area contributed by atoms with Gasteiger partial charge in [0.2, 0.25) is 0 Å². The van der Waals surface area contributed by atoms with Gasteiger partial charge in [-0.15, -0.1) is 0 Å². The summed E-state index contributed by atoms with van der Waals surface area (Å²) in [6.45, 7) is 7.50. The molecule has 1 aromatic carbocycles. The van der Waals surface area contributed by atoms with E-state index in [1.165, 1.54) is 5.56 Å². The van der Waals surface area contributed by atoms with Crippen LogP contribution in [0.5, 0.6) is 5.75 Å². The van der Waals surface area contributed by atoms with Crippen molar-refractivity contribution in [3.8, 4) is 5.75 Å². The van der Waals surface area contributed by atoms with E-state index in [0.717, 1.165) is 49.9 Å². The minimum atomic E-state index is 0.182. The smallest absolute Gasteiger partial charge is 0.191 e. The summed E-state index contributed by atoms with van der Waals surface area (Å²) in [7, 11) is 5.60. The lowest BCUT2D eigenvalue weighted by Gasteiger charge is -2.30. The van der Waals surface area contributed by atoms with Gasteiger partial charge in [-0.2, -0.15) is 0 Å². The van der Waals surface area contributed by atoms with Gasteiger partial charge in [-0.3, -0.25) is 4.99 Å². The van der Waals surface area contributed by atoms with Crippen molar-refractivity contribution in [2.75, 3.05) is 60.7 Å². The van der Waals surface area contributed by atoms with Crippen LogP contribution in [0.3, 0.4) is 0 Å². The van der Waals surface area contributed by atoms with Crippen LogP contribution in [-0.2, 0) is 16.0 Å². The molecule has 1 saturated heterocycles. The molecule has 1 aliphatic heterocycles. The summed E-state index contributed by atoms with van der Waals surface area (Å²) in [5.41, 5.74) is 2.29. The standard InChI is InChI=1S/C20H34N4O3/c1-16-6-7-17(19(12-16)27-10-5-9-25-4)13-22-20(21-2)23-14-18-15-24(3)8-11-26-18/h6-7,12,18H,5,8-11,13-15H2,1-4H3,(H2,21,22,23). The van der Waals surface area contributed by atoms with Gasteiger partial charge in [-0.05, 0) is 25.6 Å². The number of morpholine rings is 1. The lowest BCUT2D eigenvalue weighted by Crippen LogP contribution is -2.48. The van der Waals surface area contributed by atoms with Crippen molar-refractivity contribution in [3.63, 3.8) is 0 Å². The SMILES string of the molecule is CN=C(NCc1ccc(C)cc1OCCCOC)NCC1CN(C)CCO1. The Hall–Kier alpha value is -1.83. The van der Waals surface area contributed by atoms with E-state index in [2.05, 4.69) is 52.7 Å². The van der Waals surface area contributed by atoms with E-state index in [0.29, 0.717) is 19.8 Å². The van der Waals surface area contributed by atoms with E-state index in [9.17, 15) is 0 Å². The molecular formula is C20H34N4O3. The number of rotatable bonds is 9. The molecule has 0 bridgehead atoms. The fourth-order valence-electron chi connectivity index (χ4n) is 2.93. The first kappa shape index (κ1) is 21.5. The first-order valence-electron chi connectivity index (χ1n) is 9.58. The topological polar surface area (TPSA) is 67.4 Å². The van der Waals surface area contributed by atoms with E-state index in [4.69, 9.17) is 14.2 Å². The van der Waals surface area contributed by atoms with Crippen LogP contribution in [0.4, 0.5) is 0 Å². The number of guanidine groups is 1. The molecule has 0 saturated carbocycles. The molecule has 27 heavy (non-hydrogen) atoms. The van der Waals surface area contributed by atoms with Crippen LogP contribution >= 0.6 is 0 Å². The number of nitrogens with zero attached hydrogens (tertiary/aromatic N) is 2. The summed E-state index contributed by atoms with van der Waals surface area (Å²) in [4.78, 5) is 6.59. The Labute approximate surface area is 163 Å². The van der Waals surface area contributed by atoms with Gasteiger partial charge in [-0.1, -0.05) is 12.1 Å². The van der Waals surface area contributed by atoms with E-state index < -0.39 is 0 Å². The van der Waals surface area contributed by atoms with Gasteiger partial charge in [0.1, 0.15) is 5.75 Å². The molecular weight excluding hydrogens is 344 g/mol.